The van der Waals surface area contributed by atoms with Crippen LogP contribution in [0.3, 0.4) is 0 Å². The summed E-state index contributed by atoms with van der Waals surface area (Å²) < 4.78 is 0. The Morgan fingerprint density at radius 2 is 2.00 bits per heavy atom. The second-order valence-electron chi connectivity index (χ2n) is 0.329. The summed E-state index contributed by atoms with van der Waals surface area (Å²) in [5.74, 6) is 3.97. The molecule has 0 atom stereocenters. The monoisotopic (exact) mass is 218 g/mol. The third-order valence-electron chi connectivity index (χ3n) is 0.0861. The fraction of sp³-hybridized carbons (Fsp3) is 0. The minimum atomic E-state index is -1.10. The van der Waals surface area contributed by atoms with Crippen LogP contribution in [0.4, 0.5) is 0 Å². The molecule has 0 unspecified atom stereocenters. The average molecular weight is 218 g/mol. The van der Waals surface area contributed by atoms with Gasteiger partial charge in [-0.15, -0.1) is 10.1 Å². The van der Waals surface area contributed by atoms with Gasteiger partial charge >= 0.3 is 5.09 Å². The minimum Gasteiger partial charge on any atom is -0.223 e. The number of nitrogens with zero attached hydrogens (tertiary/aromatic N) is 1. The van der Waals surface area contributed by atoms with Crippen LogP contribution in [0.2, 0.25) is 0 Å². The van der Waals surface area contributed by atoms with Crippen molar-refractivity contribution in [3.63, 3.8) is 0 Å². The molecule has 0 spiro atoms. The van der Waals surface area contributed by atoms with Gasteiger partial charge in [0.1, 0.15) is 0 Å². The Kier molecular flexibility index (Phi) is 8.98. The summed E-state index contributed by atoms with van der Waals surface area (Å²) in [7, 11) is 0. The zero-order valence-electron chi connectivity index (χ0n) is 2.75. The molecule has 0 aliphatic heterocycles. The van der Waals surface area contributed by atoms with E-state index in [1.807, 2.05) is 0 Å². The van der Waals surface area contributed by atoms with Gasteiger partial charge in [-0.25, -0.2) is 4.94 Å². The van der Waals surface area contributed by atoms with Crippen LogP contribution in [0.25, 0.3) is 0 Å². The molecule has 0 saturated carbocycles. The molecule has 0 aromatic carbocycles. The molecule has 0 aliphatic carbocycles. The standard InChI is InChI=1S/Ce.H2N2O3/c;1-5-2(3)4/h;1H2. The van der Waals surface area contributed by atoms with E-state index in [9.17, 15) is 0 Å². The second-order valence-corrected chi connectivity index (χ2v) is 0.329. The molecule has 0 aromatic heterocycles. The van der Waals surface area contributed by atoms with Crippen molar-refractivity contribution in [1.29, 1.82) is 0 Å². The van der Waals surface area contributed by atoms with Gasteiger partial charge in [-0.1, -0.05) is 0 Å². The van der Waals surface area contributed by atoms with Gasteiger partial charge in [0, 0.05) is 41.7 Å². The first-order valence-corrected chi connectivity index (χ1v) is 0.783. The van der Waals surface area contributed by atoms with E-state index >= 15 is 0 Å². The molecule has 0 saturated heterocycles. The molecule has 6 heavy (non-hydrogen) atoms. The Morgan fingerprint density at radius 1 is 1.83 bits per heavy atom. The van der Waals surface area contributed by atoms with Crippen molar-refractivity contribution >= 4 is 0 Å². The van der Waals surface area contributed by atoms with Crippen LogP contribution in [0.15, 0.2) is 0 Å². The third-order valence-corrected chi connectivity index (χ3v) is 0.0861. The van der Waals surface area contributed by atoms with Crippen LogP contribution in [0.5, 0.6) is 0 Å². The average Bonchev–Trinajstić information content (AvgIpc) is 1.38. The summed E-state index contributed by atoms with van der Waals surface area (Å²) >= 11 is 0. The van der Waals surface area contributed by atoms with Gasteiger partial charge in [0.15, 0.2) is 0 Å². The van der Waals surface area contributed by atoms with Crippen molar-refractivity contribution in [3.05, 3.63) is 10.1 Å². The van der Waals surface area contributed by atoms with E-state index in [-0.39, 0.29) is 41.7 Å². The number of nitrogens with two attached hydrogens (primary N) is 1. The van der Waals surface area contributed by atoms with E-state index in [0.717, 1.165) is 0 Å². The maximum absolute atomic E-state index is 8.83. The topological polar surface area (TPSA) is 78.4 Å². The Bertz CT molecular complexity index is 44.1. The van der Waals surface area contributed by atoms with E-state index in [0.29, 0.717) is 0 Å². The summed E-state index contributed by atoms with van der Waals surface area (Å²) in [6.07, 6.45) is 0. The summed E-state index contributed by atoms with van der Waals surface area (Å²) in [4.78, 5) is 11.8. The molecule has 2 N–H and O–H groups in total. The van der Waals surface area contributed by atoms with Gasteiger partial charge < -0.3 is 0 Å². The molecule has 0 heterocycles. The van der Waals surface area contributed by atoms with Crippen LogP contribution < -0.4 is 5.90 Å². The second kappa shape index (κ2) is 5.54. The van der Waals surface area contributed by atoms with Crippen molar-refractivity contribution in [2.45, 2.75) is 0 Å². The van der Waals surface area contributed by atoms with Crippen LogP contribution in [-0.4, -0.2) is 5.09 Å². The fourth-order valence-electron chi connectivity index (χ4n) is 0. The van der Waals surface area contributed by atoms with Gasteiger partial charge in [-0.2, -0.15) is 5.90 Å². The summed E-state index contributed by atoms with van der Waals surface area (Å²) in [6.45, 7) is 0. The van der Waals surface area contributed by atoms with Gasteiger partial charge in [0.05, 0.1) is 0 Å². The fourth-order valence-corrected chi connectivity index (χ4v) is 0. The Hall–Kier alpha value is 0.537. The van der Waals surface area contributed by atoms with E-state index in [4.69, 9.17) is 10.1 Å². The normalized spacial score (nSPS) is 5.50. The van der Waals surface area contributed by atoms with Crippen molar-refractivity contribution in [2.75, 3.05) is 0 Å². The van der Waals surface area contributed by atoms with Gasteiger partial charge in [-0.3, -0.25) is 0 Å². The molecular weight excluding hydrogens is 216 g/mol. The predicted octanol–water partition coefficient (Wildman–Crippen LogP) is -0.932. The molecule has 0 aliphatic rings. The van der Waals surface area contributed by atoms with Crippen LogP contribution in [-0.2, 0) is 4.94 Å². The van der Waals surface area contributed by atoms with Gasteiger partial charge in [0.2, 0.25) is 0 Å². The maximum Gasteiger partial charge on any atom is 0.311 e. The molecule has 0 rings (SSSR count). The zero-order valence-corrected chi connectivity index (χ0v) is 5.89. The molecule has 0 amide bonds. The molecule has 0 fully saturated rings. The minimum absolute atomic E-state index is 0. The Balaban J connectivity index is 0. The summed E-state index contributed by atoms with van der Waals surface area (Å²) in [5, 5.41) is 7.73. The van der Waals surface area contributed by atoms with Crippen LogP contribution >= 0.6 is 0 Å². The summed E-state index contributed by atoms with van der Waals surface area (Å²) in [5.41, 5.74) is 0. The predicted molar refractivity (Wildman–Crippen MR) is 12.3 cm³/mol. The van der Waals surface area contributed by atoms with E-state index in [2.05, 4.69) is 10.8 Å². The Labute approximate surface area is 67.3 Å². The Morgan fingerprint density at radius 3 is 2.00 bits per heavy atom. The van der Waals surface area contributed by atoms with Gasteiger partial charge in [0.25, 0.3) is 0 Å². The first kappa shape index (κ1) is 9.74. The SMILES string of the molecule is NO[N+](=O)[O-].[Ce]. The van der Waals surface area contributed by atoms with Crippen molar-refractivity contribution in [1.82, 2.24) is 0 Å². The molecule has 0 aromatic rings. The van der Waals surface area contributed by atoms with Crippen LogP contribution in [0, 0.1) is 51.9 Å². The maximum atomic E-state index is 8.83. The molecule has 34 valence electrons. The van der Waals surface area contributed by atoms with E-state index < -0.39 is 5.09 Å². The first-order valence-electron chi connectivity index (χ1n) is 0.783. The van der Waals surface area contributed by atoms with Crippen molar-refractivity contribution in [3.8, 4) is 0 Å². The molecule has 6 heteroatoms. The van der Waals surface area contributed by atoms with E-state index in [1.165, 1.54) is 0 Å². The molecule has 0 radical (unpaired) electrons. The van der Waals surface area contributed by atoms with Crippen LogP contribution in [0.1, 0.15) is 0 Å². The zero-order chi connectivity index (χ0) is 4.28. The van der Waals surface area contributed by atoms with E-state index in [1.54, 1.807) is 0 Å². The molecule has 0 bridgehead atoms. The first-order chi connectivity index (χ1) is 2.27. The quantitative estimate of drug-likeness (QED) is 0.455. The van der Waals surface area contributed by atoms with Crippen molar-refractivity contribution < 1.29 is 51.8 Å². The molecular formula is H2CeN2O3. The largest absolute Gasteiger partial charge is 0.311 e. The number of hydrogen-bond donors (Lipinski definition) is 1. The smallest absolute Gasteiger partial charge is 0.223 e. The summed E-state index contributed by atoms with van der Waals surface area (Å²) in [6, 6.07) is 0. The van der Waals surface area contributed by atoms with Gasteiger partial charge in [-0.05, 0) is 0 Å². The number of rotatable bonds is 1. The third kappa shape index (κ3) is 8.82. The van der Waals surface area contributed by atoms with Crippen molar-refractivity contribution in [2.24, 2.45) is 5.90 Å². The molecule has 5 nitrogen and oxygen atoms in total. The number of hydrogen-bond acceptors (Lipinski definition) is 4.